The summed E-state index contributed by atoms with van der Waals surface area (Å²) in [4.78, 5) is 13.3. The van der Waals surface area contributed by atoms with E-state index in [9.17, 15) is 4.79 Å². The van der Waals surface area contributed by atoms with E-state index in [1.54, 1.807) is 0 Å². The number of thiophene rings is 1. The first-order valence-corrected chi connectivity index (χ1v) is 8.30. The van der Waals surface area contributed by atoms with Crippen LogP contribution in [0.2, 0.25) is 0 Å². The van der Waals surface area contributed by atoms with Gasteiger partial charge in [0.15, 0.2) is 0 Å². The number of aryl methyl sites for hydroxylation is 1. The quantitative estimate of drug-likeness (QED) is 0.760. The van der Waals surface area contributed by atoms with E-state index in [4.69, 9.17) is 0 Å². The van der Waals surface area contributed by atoms with Crippen LogP contribution in [0.15, 0.2) is 11.4 Å². The summed E-state index contributed by atoms with van der Waals surface area (Å²) in [6.07, 6.45) is 8.18. The van der Waals surface area contributed by atoms with E-state index in [1.807, 2.05) is 11.3 Å². The normalized spacial score (nSPS) is 17.8. The molecule has 1 unspecified atom stereocenters. The molecule has 0 fully saturated rings. The number of amides is 2. The maximum atomic E-state index is 11.9. The fourth-order valence-corrected chi connectivity index (χ4v) is 3.59. The van der Waals surface area contributed by atoms with Crippen molar-refractivity contribution in [2.45, 2.75) is 57.9 Å². The van der Waals surface area contributed by atoms with Crippen molar-refractivity contribution in [2.75, 3.05) is 6.54 Å². The minimum Gasteiger partial charge on any atom is -0.338 e. The number of rotatable bonds is 6. The van der Waals surface area contributed by atoms with Gasteiger partial charge in [0.25, 0.3) is 0 Å². The molecular weight excluding hydrogens is 256 g/mol. The van der Waals surface area contributed by atoms with Gasteiger partial charge in [-0.2, -0.15) is 0 Å². The van der Waals surface area contributed by atoms with Crippen molar-refractivity contribution in [1.29, 1.82) is 0 Å². The number of carbonyl (C=O) groups excluding carboxylic acids is 1. The van der Waals surface area contributed by atoms with Gasteiger partial charge in [0.05, 0.1) is 6.04 Å². The molecule has 3 nitrogen and oxygen atoms in total. The third kappa shape index (κ3) is 4.23. The first-order valence-electron chi connectivity index (χ1n) is 7.42. The monoisotopic (exact) mass is 280 g/mol. The van der Waals surface area contributed by atoms with Crippen LogP contribution in [-0.2, 0) is 6.42 Å². The van der Waals surface area contributed by atoms with Gasteiger partial charge in [-0.05, 0) is 42.7 Å². The second kappa shape index (κ2) is 7.53. The standard InChI is InChI=1S/C15H24N2OS/c1-2-3-4-5-10-16-15(18)17-13-7-6-8-14-12(13)9-11-19-14/h9,11,13H,2-8,10H2,1H3,(H2,16,17,18). The first kappa shape index (κ1) is 14.4. The summed E-state index contributed by atoms with van der Waals surface area (Å²) in [6, 6.07) is 2.36. The van der Waals surface area contributed by atoms with E-state index >= 15 is 0 Å². The topological polar surface area (TPSA) is 41.1 Å². The lowest BCUT2D eigenvalue weighted by atomic mass is 9.94. The molecule has 2 N–H and O–H groups in total. The van der Waals surface area contributed by atoms with Crippen LogP contribution in [0.3, 0.4) is 0 Å². The number of nitrogens with one attached hydrogen (secondary N) is 2. The number of fused-ring (bicyclic) bond motifs is 1. The van der Waals surface area contributed by atoms with Crippen LogP contribution in [-0.4, -0.2) is 12.6 Å². The van der Waals surface area contributed by atoms with Crippen molar-refractivity contribution in [2.24, 2.45) is 0 Å². The molecule has 1 aliphatic carbocycles. The van der Waals surface area contributed by atoms with Crippen molar-refractivity contribution in [3.63, 3.8) is 0 Å². The van der Waals surface area contributed by atoms with Gasteiger partial charge >= 0.3 is 6.03 Å². The molecule has 0 radical (unpaired) electrons. The average molecular weight is 280 g/mol. The van der Waals surface area contributed by atoms with Crippen LogP contribution >= 0.6 is 11.3 Å². The van der Waals surface area contributed by atoms with Gasteiger partial charge < -0.3 is 10.6 Å². The molecule has 4 heteroatoms. The predicted molar refractivity (Wildman–Crippen MR) is 80.7 cm³/mol. The fraction of sp³-hybridized carbons (Fsp3) is 0.667. The molecule has 1 aromatic heterocycles. The van der Waals surface area contributed by atoms with Gasteiger partial charge in [0, 0.05) is 11.4 Å². The molecule has 2 rings (SSSR count). The molecule has 0 spiro atoms. The highest BCUT2D eigenvalue weighted by Gasteiger charge is 2.22. The maximum absolute atomic E-state index is 11.9. The van der Waals surface area contributed by atoms with E-state index in [2.05, 4.69) is 29.0 Å². The molecule has 1 aliphatic rings. The molecule has 106 valence electrons. The highest BCUT2D eigenvalue weighted by molar-refractivity contribution is 7.10. The molecule has 0 aromatic carbocycles. The molecule has 1 atom stereocenters. The molecule has 1 heterocycles. The summed E-state index contributed by atoms with van der Waals surface area (Å²) in [6.45, 7) is 2.98. The Morgan fingerprint density at radius 3 is 3.16 bits per heavy atom. The van der Waals surface area contributed by atoms with Crippen LogP contribution in [0.25, 0.3) is 0 Å². The highest BCUT2D eigenvalue weighted by atomic mass is 32.1. The molecule has 0 bridgehead atoms. The van der Waals surface area contributed by atoms with Crippen molar-refractivity contribution in [1.82, 2.24) is 10.6 Å². The number of hydrogen-bond acceptors (Lipinski definition) is 2. The predicted octanol–water partition coefficient (Wildman–Crippen LogP) is 4.01. The van der Waals surface area contributed by atoms with E-state index in [0.29, 0.717) is 0 Å². The molecule has 1 aromatic rings. The number of hydrogen-bond donors (Lipinski definition) is 2. The first-order chi connectivity index (χ1) is 9.31. The Bertz CT molecular complexity index is 403. The van der Waals surface area contributed by atoms with Gasteiger partial charge in [0.1, 0.15) is 0 Å². The second-order valence-corrected chi connectivity index (χ2v) is 6.21. The minimum absolute atomic E-state index is 0.0134. The number of carbonyl (C=O) groups is 1. The SMILES string of the molecule is CCCCCCNC(=O)NC1CCCc2sccc21. The van der Waals surface area contributed by atoms with Crippen LogP contribution in [0, 0.1) is 0 Å². The zero-order valence-corrected chi connectivity index (χ0v) is 12.5. The van der Waals surface area contributed by atoms with E-state index < -0.39 is 0 Å². The summed E-state index contributed by atoms with van der Waals surface area (Å²) in [5.41, 5.74) is 1.33. The molecule has 0 aliphatic heterocycles. The van der Waals surface area contributed by atoms with Gasteiger partial charge in [-0.15, -0.1) is 11.3 Å². The van der Waals surface area contributed by atoms with E-state index in [1.165, 1.54) is 42.5 Å². The molecule has 2 amide bonds. The van der Waals surface area contributed by atoms with Crippen molar-refractivity contribution < 1.29 is 4.79 Å². The second-order valence-electron chi connectivity index (χ2n) is 5.20. The van der Waals surface area contributed by atoms with Crippen molar-refractivity contribution in [3.05, 3.63) is 21.9 Å². The van der Waals surface area contributed by atoms with Gasteiger partial charge in [-0.3, -0.25) is 0 Å². The molecule has 0 saturated carbocycles. The van der Waals surface area contributed by atoms with Crippen LogP contribution in [0.4, 0.5) is 4.79 Å². The molecular formula is C15H24N2OS. The van der Waals surface area contributed by atoms with Crippen LogP contribution in [0.1, 0.15) is 61.9 Å². The Morgan fingerprint density at radius 1 is 1.42 bits per heavy atom. The molecule has 19 heavy (non-hydrogen) atoms. The minimum atomic E-state index is -0.0134. The Labute approximate surface area is 119 Å². The Morgan fingerprint density at radius 2 is 2.32 bits per heavy atom. The van der Waals surface area contributed by atoms with Gasteiger partial charge in [-0.1, -0.05) is 26.2 Å². The highest BCUT2D eigenvalue weighted by Crippen LogP contribution is 2.33. The lowest BCUT2D eigenvalue weighted by Gasteiger charge is -2.23. The fourth-order valence-electron chi connectivity index (χ4n) is 2.60. The lowest BCUT2D eigenvalue weighted by Crippen LogP contribution is -2.39. The van der Waals surface area contributed by atoms with E-state index in [0.717, 1.165) is 19.4 Å². The third-order valence-corrected chi connectivity index (χ3v) is 4.67. The van der Waals surface area contributed by atoms with E-state index in [-0.39, 0.29) is 12.1 Å². The van der Waals surface area contributed by atoms with Gasteiger partial charge in [0.2, 0.25) is 0 Å². The maximum Gasteiger partial charge on any atom is 0.315 e. The zero-order valence-electron chi connectivity index (χ0n) is 11.7. The Kier molecular flexibility index (Phi) is 5.70. The Hall–Kier alpha value is -1.03. The summed E-state index contributed by atoms with van der Waals surface area (Å²) in [7, 11) is 0. The largest absolute Gasteiger partial charge is 0.338 e. The van der Waals surface area contributed by atoms with Crippen LogP contribution < -0.4 is 10.6 Å². The summed E-state index contributed by atoms with van der Waals surface area (Å²) in [5, 5.41) is 8.21. The summed E-state index contributed by atoms with van der Waals surface area (Å²) >= 11 is 1.81. The number of unbranched alkanes of at least 4 members (excludes halogenated alkanes) is 3. The average Bonchev–Trinajstić information content (AvgIpc) is 2.88. The number of urea groups is 1. The van der Waals surface area contributed by atoms with Crippen LogP contribution in [0.5, 0.6) is 0 Å². The van der Waals surface area contributed by atoms with Gasteiger partial charge in [-0.25, -0.2) is 4.79 Å². The third-order valence-electron chi connectivity index (χ3n) is 3.67. The Balaban J connectivity index is 1.72. The van der Waals surface area contributed by atoms with Crippen molar-refractivity contribution >= 4 is 17.4 Å². The summed E-state index contributed by atoms with van der Waals surface area (Å²) < 4.78 is 0. The smallest absolute Gasteiger partial charge is 0.315 e. The zero-order chi connectivity index (χ0) is 13.5. The molecule has 0 saturated heterocycles. The lowest BCUT2D eigenvalue weighted by molar-refractivity contribution is 0.235. The summed E-state index contributed by atoms with van der Waals surface area (Å²) in [5.74, 6) is 0. The van der Waals surface area contributed by atoms with Crippen molar-refractivity contribution in [3.8, 4) is 0 Å².